The van der Waals surface area contributed by atoms with Crippen LogP contribution in [0.25, 0.3) is 0 Å². The molecule has 6 heteroatoms. The highest BCUT2D eigenvalue weighted by molar-refractivity contribution is 5.96. The Morgan fingerprint density at radius 2 is 1.66 bits per heavy atom. The number of para-hydroxylation sites is 1. The predicted octanol–water partition coefficient (Wildman–Crippen LogP) is 2.39. The largest absolute Gasteiger partial charge is 0.397 e. The number of benzene rings is 2. The summed E-state index contributed by atoms with van der Waals surface area (Å²) < 4.78 is 0. The minimum absolute atomic E-state index is 0.0282. The normalized spacial score (nSPS) is 18.0. The van der Waals surface area contributed by atoms with Crippen molar-refractivity contribution >= 4 is 23.0 Å². The molecule has 0 aromatic heterocycles. The topological polar surface area (TPSA) is 73.6 Å². The molecule has 154 valence electrons. The van der Waals surface area contributed by atoms with Gasteiger partial charge in [-0.1, -0.05) is 18.2 Å². The molecule has 4 N–H and O–H groups in total. The van der Waals surface area contributed by atoms with Crippen molar-refractivity contribution in [1.29, 1.82) is 0 Å². The molecular weight excluding hydrogens is 362 g/mol. The van der Waals surface area contributed by atoms with Crippen LogP contribution in [0.1, 0.15) is 28.8 Å². The number of nitrogens with one attached hydrogen (secondary N) is 2. The lowest BCUT2D eigenvalue weighted by Gasteiger charge is -2.38. The first-order valence-corrected chi connectivity index (χ1v) is 10.6. The molecule has 2 aliphatic heterocycles. The molecule has 0 radical (unpaired) electrons. The van der Waals surface area contributed by atoms with E-state index in [2.05, 4.69) is 51.6 Å². The summed E-state index contributed by atoms with van der Waals surface area (Å²) >= 11 is 0. The maximum absolute atomic E-state index is 12.6. The highest BCUT2D eigenvalue weighted by atomic mass is 16.1. The molecule has 2 aromatic rings. The van der Waals surface area contributed by atoms with Crippen LogP contribution in [-0.4, -0.2) is 51.2 Å². The fraction of sp³-hybridized carbons (Fsp3) is 0.435. The van der Waals surface area contributed by atoms with E-state index in [0.29, 0.717) is 11.3 Å². The third-order valence-electron chi connectivity index (χ3n) is 6.04. The van der Waals surface area contributed by atoms with Crippen molar-refractivity contribution in [2.75, 3.05) is 54.8 Å². The van der Waals surface area contributed by atoms with Crippen LogP contribution < -0.4 is 26.2 Å². The van der Waals surface area contributed by atoms with Crippen LogP contribution in [0.4, 0.5) is 17.1 Å². The maximum atomic E-state index is 12.6. The van der Waals surface area contributed by atoms with Gasteiger partial charge in [-0.3, -0.25) is 4.79 Å². The van der Waals surface area contributed by atoms with Crippen LogP contribution in [0, 0.1) is 6.92 Å². The van der Waals surface area contributed by atoms with Crippen LogP contribution in [0.3, 0.4) is 0 Å². The number of aryl methyl sites for hydroxylation is 1. The molecule has 29 heavy (non-hydrogen) atoms. The Hall–Kier alpha value is -2.73. The monoisotopic (exact) mass is 393 g/mol. The van der Waals surface area contributed by atoms with E-state index in [0.717, 1.165) is 57.8 Å². The molecule has 2 fully saturated rings. The highest BCUT2D eigenvalue weighted by Crippen LogP contribution is 2.28. The second-order valence-corrected chi connectivity index (χ2v) is 8.03. The van der Waals surface area contributed by atoms with Gasteiger partial charge in [0.05, 0.1) is 11.4 Å². The molecular formula is C23H31N5O. The Morgan fingerprint density at radius 3 is 2.31 bits per heavy atom. The Morgan fingerprint density at radius 1 is 1.00 bits per heavy atom. The number of nitrogen functional groups attached to an aromatic ring is 1. The van der Waals surface area contributed by atoms with E-state index in [1.165, 1.54) is 11.3 Å². The SMILES string of the molecule is Cc1ccccc1N1CCN(c2ccc(C(=O)NC3CCNCC3)cc2N)CC1. The zero-order chi connectivity index (χ0) is 20.2. The number of rotatable bonds is 4. The number of hydrogen-bond acceptors (Lipinski definition) is 5. The summed E-state index contributed by atoms with van der Waals surface area (Å²) in [6, 6.07) is 14.5. The number of carbonyl (C=O) groups excluding carboxylic acids is 1. The first-order valence-electron chi connectivity index (χ1n) is 10.6. The van der Waals surface area contributed by atoms with Crippen LogP contribution in [-0.2, 0) is 0 Å². The van der Waals surface area contributed by atoms with E-state index in [-0.39, 0.29) is 11.9 Å². The van der Waals surface area contributed by atoms with Gasteiger partial charge in [-0.25, -0.2) is 0 Å². The summed E-state index contributed by atoms with van der Waals surface area (Å²) in [5.41, 5.74) is 11.3. The third kappa shape index (κ3) is 4.48. The Balaban J connectivity index is 1.38. The van der Waals surface area contributed by atoms with Crippen LogP contribution in [0.5, 0.6) is 0 Å². The Labute approximate surface area is 173 Å². The second kappa shape index (κ2) is 8.74. The molecule has 6 nitrogen and oxygen atoms in total. The van der Waals surface area contributed by atoms with Crippen molar-refractivity contribution < 1.29 is 4.79 Å². The summed E-state index contributed by atoms with van der Waals surface area (Å²) in [6.45, 7) is 7.83. The summed E-state index contributed by atoms with van der Waals surface area (Å²) in [5.74, 6) is -0.0282. The van der Waals surface area contributed by atoms with Crippen molar-refractivity contribution in [2.24, 2.45) is 0 Å². The van der Waals surface area contributed by atoms with Crippen molar-refractivity contribution in [1.82, 2.24) is 10.6 Å². The number of hydrogen-bond donors (Lipinski definition) is 3. The maximum Gasteiger partial charge on any atom is 0.251 e. The molecule has 2 saturated heterocycles. The molecule has 0 spiro atoms. The number of piperidine rings is 1. The third-order valence-corrected chi connectivity index (χ3v) is 6.04. The van der Waals surface area contributed by atoms with Gasteiger partial charge >= 0.3 is 0 Å². The standard InChI is InChI=1S/C23H31N5O/c1-17-4-2-3-5-21(17)27-12-14-28(15-13-27)22-7-6-18(16-20(22)24)23(29)26-19-8-10-25-11-9-19/h2-7,16,19,25H,8-15,24H2,1H3,(H,26,29). The summed E-state index contributed by atoms with van der Waals surface area (Å²) in [7, 11) is 0. The van der Waals surface area contributed by atoms with E-state index < -0.39 is 0 Å². The Kier molecular flexibility index (Phi) is 5.90. The van der Waals surface area contributed by atoms with Gasteiger partial charge in [0.15, 0.2) is 0 Å². The lowest BCUT2D eigenvalue weighted by Crippen LogP contribution is -2.47. The zero-order valence-electron chi connectivity index (χ0n) is 17.2. The van der Waals surface area contributed by atoms with Gasteiger partial charge in [-0.15, -0.1) is 0 Å². The number of carbonyl (C=O) groups is 1. The van der Waals surface area contributed by atoms with Crippen LogP contribution >= 0.6 is 0 Å². The number of piperazine rings is 1. The van der Waals surface area contributed by atoms with Crippen LogP contribution in [0.2, 0.25) is 0 Å². The summed E-state index contributed by atoms with van der Waals surface area (Å²) in [5, 5.41) is 6.45. The van der Waals surface area contributed by atoms with Gasteiger partial charge in [0, 0.05) is 43.5 Å². The molecule has 0 saturated carbocycles. The van der Waals surface area contributed by atoms with E-state index in [1.807, 2.05) is 18.2 Å². The average Bonchev–Trinajstić information content (AvgIpc) is 2.75. The molecule has 2 aliphatic rings. The number of nitrogens with zero attached hydrogens (tertiary/aromatic N) is 2. The smallest absolute Gasteiger partial charge is 0.251 e. The quantitative estimate of drug-likeness (QED) is 0.696. The fourth-order valence-electron chi connectivity index (χ4n) is 4.33. The molecule has 4 rings (SSSR count). The number of anilines is 3. The minimum atomic E-state index is -0.0282. The summed E-state index contributed by atoms with van der Waals surface area (Å²) in [4.78, 5) is 17.3. The van der Waals surface area contributed by atoms with Gasteiger partial charge in [0.25, 0.3) is 5.91 Å². The lowest BCUT2D eigenvalue weighted by molar-refractivity contribution is 0.0929. The fourth-order valence-corrected chi connectivity index (χ4v) is 4.33. The van der Waals surface area contributed by atoms with Crippen molar-refractivity contribution in [3.8, 4) is 0 Å². The first-order chi connectivity index (χ1) is 14.1. The van der Waals surface area contributed by atoms with E-state index >= 15 is 0 Å². The van der Waals surface area contributed by atoms with E-state index in [9.17, 15) is 4.79 Å². The number of amides is 1. The highest BCUT2D eigenvalue weighted by Gasteiger charge is 2.21. The van der Waals surface area contributed by atoms with Crippen LogP contribution in [0.15, 0.2) is 42.5 Å². The molecule has 1 amide bonds. The van der Waals surface area contributed by atoms with Gasteiger partial charge < -0.3 is 26.2 Å². The van der Waals surface area contributed by atoms with Gasteiger partial charge in [-0.2, -0.15) is 0 Å². The van der Waals surface area contributed by atoms with Crippen molar-refractivity contribution in [2.45, 2.75) is 25.8 Å². The first kappa shape index (κ1) is 19.6. The van der Waals surface area contributed by atoms with E-state index in [4.69, 9.17) is 5.73 Å². The van der Waals surface area contributed by atoms with Gasteiger partial charge in [0.1, 0.15) is 0 Å². The second-order valence-electron chi connectivity index (χ2n) is 8.03. The zero-order valence-corrected chi connectivity index (χ0v) is 17.2. The molecule has 2 heterocycles. The molecule has 0 unspecified atom stereocenters. The lowest BCUT2D eigenvalue weighted by atomic mass is 10.1. The number of nitrogens with two attached hydrogens (primary N) is 1. The molecule has 0 atom stereocenters. The average molecular weight is 394 g/mol. The minimum Gasteiger partial charge on any atom is -0.397 e. The Bertz CT molecular complexity index is 854. The predicted molar refractivity (Wildman–Crippen MR) is 120 cm³/mol. The van der Waals surface area contributed by atoms with Gasteiger partial charge in [-0.05, 0) is 62.7 Å². The van der Waals surface area contributed by atoms with E-state index in [1.54, 1.807) is 0 Å². The van der Waals surface area contributed by atoms with Crippen molar-refractivity contribution in [3.05, 3.63) is 53.6 Å². The molecule has 0 aliphatic carbocycles. The summed E-state index contributed by atoms with van der Waals surface area (Å²) in [6.07, 6.45) is 1.95. The molecule has 2 aromatic carbocycles. The van der Waals surface area contributed by atoms with Crippen molar-refractivity contribution in [3.63, 3.8) is 0 Å². The van der Waals surface area contributed by atoms with Gasteiger partial charge in [0.2, 0.25) is 0 Å². The molecule has 0 bridgehead atoms.